The topological polar surface area (TPSA) is 151 Å². The number of benzene rings is 4. The van der Waals surface area contributed by atoms with Crippen molar-refractivity contribution >= 4 is 17.6 Å². The van der Waals surface area contributed by atoms with Gasteiger partial charge < -0.3 is 29.4 Å². The number of aliphatic hydroxyl groups excluding tert-OH is 1. The number of fused-ring (bicyclic) bond motifs is 1. The standard InChI is InChI=1S/C43H44N4O9/c1-52-32-19-15-30(16-20-32)43(29-11-5-3-6-12-29,31-17-21-33(53-2)22-18-31)54-28-37-36(48)27-39(56-37)46-25-23-38(45-42(46)51)44-24-9-4-10-26-55-47-40(49)34-13-7-8-14-35(34)41(47)50/h3,5-8,11-23,25,36-37,39,48H,4,9-10,24,26-28H2,1-2H3,(H,44,45,51)/t36-,37+,39+/m0/s1. The highest BCUT2D eigenvalue weighted by Crippen LogP contribution is 2.42. The van der Waals surface area contributed by atoms with Crippen LogP contribution in [0.4, 0.5) is 5.82 Å². The molecule has 0 unspecified atom stereocenters. The lowest BCUT2D eigenvalue weighted by atomic mass is 9.80. The van der Waals surface area contributed by atoms with Crippen molar-refractivity contribution in [2.75, 3.05) is 39.3 Å². The Kier molecular flexibility index (Phi) is 11.9. The Morgan fingerprint density at radius 3 is 1.95 bits per heavy atom. The van der Waals surface area contributed by atoms with E-state index >= 15 is 0 Å². The van der Waals surface area contributed by atoms with Gasteiger partial charge in [0.1, 0.15) is 35.2 Å². The molecule has 56 heavy (non-hydrogen) atoms. The Hall–Kier alpha value is -5.86. The van der Waals surface area contributed by atoms with Crippen molar-refractivity contribution in [3.63, 3.8) is 0 Å². The van der Waals surface area contributed by atoms with Crippen molar-refractivity contribution in [3.05, 3.63) is 154 Å². The summed E-state index contributed by atoms with van der Waals surface area (Å²) < 4.78 is 25.5. The van der Waals surface area contributed by atoms with Gasteiger partial charge in [-0.05, 0) is 78.4 Å². The molecule has 0 spiro atoms. The molecule has 290 valence electrons. The molecule has 1 saturated heterocycles. The molecule has 1 aromatic heterocycles. The molecule has 0 bridgehead atoms. The van der Waals surface area contributed by atoms with Gasteiger partial charge in [0, 0.05) is 19.2 Å². The lowest BCUT2D eigenvalue weighted by Gasteiger charge is -2.37. The summed E-state index contributed by atoms with van der Waals surface area (Å²) in [7, 11) is 3.24. The largest absolute Gasteiger partial charge is 0.497 e. The van der Waals surface area contributed by atoms with Crippen molar-refractivity contribution in [1.29, 1.82) is 0 Å². The van der Waals surface area contributed by atoms with E-state index in [9.17, 15) is 19.5 Å². The first-order valence-corrected chi connectivity index (χ1v) is 18.6. The highest BCUT2D eigenvalue weighted by molar-refractivity contribution is 6.20. The number of ether oxygens (including phenoxy) is 4. The van der Waals surface area contributed by atoms with Gasteiger partial charge in [-0.2, -0.15) is 4.98 Å². The van der Waals surface area contributed by atoms with Crippen LogP contribution in [0.1, 0.15) is 69.3 Å². The minimum atomic E-state index is -1.10. The Balaban J connectivity index is 0.960. The highest BCUT2D eigenvalue weighted by Gasteiger charge is 2.42. The van der Waals surface area contributed by atoms with E-state index in [0.29, 0.717) is 41.4 Å². The molecule has 13 heteroatoms. The molecule has 7 rings (SSSR count). The van der Waals surface area contributed by atoms with Crippen molar-refractivity contribution in [2.45, 2.75) is 49.7 Å². The number of hydroxylamine groups is 2. The fourth-order valence-corrected chi connectivity index (χ4v) is 7.11. The number of methoxy groups -OCH3 is 2. The van der Waals surface area contributed by atoms with Crippen LogP contribution < -0.4 is 20.5 Å². The SMILES string of the molecule is COc1ccc(C(OC[C@H]2O[C@@H](n3ccc(NCCCCCON4C(=O)c5ccccc5C4=O)nc3=O)C[C@@H]2O)(c2ccccc2)c2ccc(OC)cc2)cc1. The molecule has 13 nitrogen and oxygen atoms in total. The Morgan fingerprint density at radius 1 is 0.768 bits per heavy atom. The fraction of sp³-hybridized carbons (Fsp3) is 0.302. The summed E-state index contributed by atoms with van der Waals surface area (Å²) in [6.45, 7) is 0.776. The molecular formula is C43H44N4O9. The molecule has 0 aliphatic carbocycles. The second-order valence-corrected chi connectivity index (χ2v) is 13.5. The van der Waals surface area contributed by atoms with E-state index in [2.05, 4.69) is 10.3 Å². The Bertz CT molecular complexity index is 2090. The van der Waals surface area contributed by atoms with Gasteiger partial charge in [-0.25, -0.2) is 4.79 Å². The zero-order chi connectivity index (χ0) is 39.1. The van der Waals surface area contributed by atoms with Crippen LogP contribution >= 0.6 is 0 Å². The summed E-state index contributed by atoms with van der Waals surface area (Å²) in [4.78, 5) is 47.8. The average Bonchev–Trinajstić information content (AvgIpc) is 3.72. The number of hydrogen-bond donors (Lipinski definition) is 2. The lowest BCUT2D eigenvalue weighted by Crippen LogP contribution is -2.38. The first kappa shape index (κ1) is 38.4. The zero-order valence-electron chi connectivity index (χ0n) is 31.2. The number of aromatic nitrogens is 2. The molecule has 2 aliphatic heterocycles. The van der Waals surface area contributed by atoms with Gasteiger partial charge in [0.15, 0.2) is 0 Å². The van der Waals surface area contributed by atoms with Gasteiger partial charge in [-0.15, -0.1) is 5.06 Å². The number of carbonyl (C=O) groups excluding carboxylic acids is 2. The van der Waals surface area contributed by atoms with Crippen molar-refractivity contribution in [3.8, 4) is 11.5 Å². The van der Waals surface area contributed by atoms with Crippen molar-refractivity contribution < 1.29 is 38.5 Å². The van der Waals surface area contributed by atoms with Crippen LogP contribution in [0.2, 0.25) is 0 Å². The van der Waals surface area contributed by atoms with Crippen LogP contribution in [0.15, 0.2) is 120 Å². The van der Waals surface area contributed by atoms with E-state index < -0.39 is 41.5 Å². The minimum Gasteiger partial charge on any atom is -0.497 e. The van der Waals surface area contributed by atoms with Crippen LogP contribution in [-0.2, 0) is 19.9 Å². The number of amides is 2. The zero-order valence-corrected chi connectivity index (χ0v) is 31.2. The number of nitrogens with zero attached hydrogens (tertiary/aromatic N) is 3. The molecule has 0 radical (unpaired) electrons. The van der Waals surface area contributed by atoms with E-state index in [1.165, 1.54) is 4.57 Å². The average molecular weight is 761 g/mol. The smallest absolute Gasteiger partial charge is 0.351 e. The first-order chi connectivity index (χ1) is 27.3. The second kappa shape index (κ2) is 17.3. The molecule has 5 aromatic rings. The summed E-state index contributed by atoms with van der Waals surface area (Å²) in [6.07, 6.45) is 1.51. The minimum absolute atomic E-state index is 0.00970. The molecular weight excluding hydrogens is 716 g/mol. The molecule has 2 amide bonds. The third-order valence-corrected chi connectivity index (χ3v) is 10.1. The maximum atomic E-state index is 13.2. The summed E-state index contributed by atoms with van der Waals surface area (Å²) >= 11 is 0. The molecule has 1 fully saturated rings. The van der Waals surface area contributed by atoms with E-state index in [-0.39, 0.29) is 19.6 Å². The molecule has 0 saturated carbocycles. The summed E-state index contributed by atoms with van der Waals surface area (Å²) in [5, 5.41) is 15.2. The van der Waals surface area contributed by atoms with Gasteiger partial charge in [0.2, 0.25) is 0 Å². The number of imide groups is 1. The van der Waals surface area contributed by atoms with Crippen molar-refractivity contribution in [2.24, 2.45) is 0 Å². The summed E-state index contributed by atoms with van der Waals surface area (Å²) in [5.74, 6) is 0.919. The van der Waals surface area contributed by atoms with E-state index in [1.807, 2.05) is 78.9 Å². The number of rotatable bonds is 17. The van der Waals surface area contributed by atoms with Crippen LogP contribution in [0.3, 0.4) is 0 Å². The first-order valence-electron chi connectivity index (χ1n) is 18.6. The number of nitrogens with one attached hydrogen (secondary N) is 1. The number of hydrogen-bond acceptors (Lipinski definition) is 11. The fourth-order valence-electron chi connectivity index (χ4n) is 7.11. The van der Waals surface area contributed by atoms with Gasteiger partial charge in [-0.1, -0.05) is 66.7 Å². The maximum absolute atomic E-state index is 13.2. The quantitative estimate of drug-likeness (QED) is 0.0680. The monoisotopic (exact) mass is 760 g/mol. The Labute approximate surface area is 324 Å². The maximum Gasteiger partial charge on any atom is 0.351 e. The normalized spacial score (nSPS) is 17.9. The van der Waals surface area contributed by atoms with Crippen LogP contribution in [-0.4, -0.2) is 77.7 Å². The van der Waals surface area contributed by atoms with Gasteiger partial charge >= 0.3 is 5.69 Å². The molecule has 4 aromatic carbocycles. The van der Waals surface area contributed by atoms with E-state index in [1.54, 1.807) is 50.7 Å². The Morgan fingerprint density at radius 2 is 1.36 bits per heavy atom. The van der Waals surface area contributed by atoms with E-state index in [4.69, 9.17) is 23.8 Å². The lowest BCUT2D eigenvalue weighted by molar-refractivity contribution is -0.0944. The van der Waals surface area contributed by atoms with Crippen molar-refractivity contribution in [1.82, 2.24) is 14.6 Å². The predicted octanol–water partition coefficient (Wildman–Crippen LogP) is 5.73. The third-order valence-electron chi connectivity index (χ3n) is 10.1. The molecule has 3 heterocycles. The predicted molar refractivity (Wildman–Crippen MR) is 207 cm³/mol. The highest BCUT2D eigenvalue weighted by atomic mass is 16.7. The van der Waals surface area contributed by atoms with Gasteiger partial charge in [0.05, 0.1) is 44.7 Å². The van der Waals surface area contributed by atoms with Crippen LogP contribution in [0.25, 0.3) is 0 Å². The second-order valence-electron chi connectivity index (χ2n) is 13.5. The van der Waals surface area contributed by atoms with Crippen LogP contribution in [0.5, 0.6) is 11.5 Å². The number of anilines is 1. The van der Waals surface area contributed by atoms with Gasteiger partial charge in [-0.3, -0.25) is 19.0 Å². The number of carbonyl (C=O) groups is 2. The van der Waals surface area contributed by atoms with Crippen LogP contribution in [0, 0.1) is 0 Å². The molecule has 3 atom stereocenters. The van der Waals surface area contributed by atoms with E-state index in [0.717, 1.165) is 34.6 Å². The number of unbranched alkanes of at least 4 members (excludes halogenated alkanes) is 2. The molecule has 2 N–H and O–H groups in total. The third kappa shape index (κ3) is 7.93. The molecule has 2 aliphatic rings. The van der Waals surface area contributed by atoms with Gasteiger partial charge in [0.25, 0.3) is 11.8 Å². The summed E-state index contributed by atoms with van der Waals surface area (Å²) in [5.41, 5.74) is 1.64. The number of aliphatic hydroxyl groups is 1. The summed E-state index contributed by atoms with van der Waals surface area (Å²) in [6, 6.07) is 33.6.